The standard InChI is InChI=1S/C19H18BrF3N2O4S/c20-12-1-2-17-11(7-12)10-29-19(26)25(17)13-3-5-24(6-4-13)30(27,28)18-9-15(22)14(21)8-16(18)23/h1-2,7-9,11,13,17H,3-6,10H2. The summed E-state index contributed by atoms with van der Waals surface area (Å²) in [7, 11) is -4.34. The minimum absolute atomic E-state index is 0.00977. The van der Waals surface area contributed by atoms with E-state index < -0.39 is 38.5 Å². The lowest BCUT2D eigenvalue weighted by molar-refractivity contribution is 0.00612. The van der Waals surface area contributed by atoms with Gasteiger partial charge in [0, 0.05) is 35.6 Å². The zero-order valence-corrected chi connectivity index (χ0v) is 18.0. The highest BCUT2D eigenvalue weighted by Crippen LogP contribution is 2.34. The maximum atomic E-state index is 14.0. The Labute approximate surface area is 180 Å². The molecule has 11 heteroatoms. The first-order valence-electron chi connectivity index (χ1n) is 9.34. The molecule has 4 rings (SSSR count). The van der Waals surface area contributed by atoms with Crippen LogP contribution in [0.25, 0.3) is 0 Å². The number of hydrogen-bond donors (Lipinski definition) is 0. The average Bonchev–Trinajstić information content (AvgIpc) is 2.71. The van der Waals surface area contributed by atoms with Crippen LogP contribution in [-0.4, -0.2) is 55.5 Å². The molecule has 0 spiro atoms. The molecule has 0 bridgehead atoms. The number of sulfonamides is 1. The topological polar surface area (TPSA) is 66.9 Å². The van der Waals surface area contributed by atoms with Crippen molar-refractivity contribution < 1.29 is 31.1 Å². The van der Waals surface area contributed by atoms with Crippen molar-refractivity contribution in [1.29, 1.82) is 0 Å². The molecule has 2 unspecified atom stereocenters. The summed E-state index contributed by atoms with van der Waals surface area (Å²) in [6.07, 6.45) is 5.89. The molecule has 6 nitrogen and oxygen atoms in total. The lowest BCUT2D eigenvalue weighted by Crippen LogP contribution is -2.57. The van der Waals surface area contributed by atoms with Crippen LogP contribution in [0.5, 0.6) is 0 Å². The van der Waals surface area contributed by atoms with Crippen molar-refractivity contribution in [2.75, 3.05) is 19.7 Å². The molecule has 0 saturated carbocycles. The number of fused-ring (bicyclic) bond motifs is 1. The summed E-state index contributed by atoms with van der Waals surface area (Å²) in [5.74, 6) is -4.25. The molecule has 1 amide bonds. The van der Waals surface area contributed by atoms with E-state index in [-0.39, 0.29) is 43.8 Å². The van der Waals surface area contributed by atoms with Gasteiger partial charge in [0.05, 0.1) is 6.04 Å². The summed E-state index contributed by atoms with van der Waals surface area (Å²) in [5.41, 5.74) is 0. The van der Waals surface area contributed by atoms with Crippen LogP contribution < -0.4 is 0 Å². The van der Waals surface area contributed by atoms with Crippen molar-refractivity contribution in [2.24, 2.45) is 5.92 Å². The Bertz CT molecular complexity index is 1040. The molecule has 3 aliphatic rings. The molecular formula is C19H18BrF3N2O4S. The number of piperidine rings is 1. The van der Waals surface area contributed by atoms with Crippen LogP contribution in [0.4, 0.5) is 18.0 Å². The number of ether oxygens (including phenoxy) is 1. The summed E-state index contributed by atoms with van der Waals surface area (Å²) in [4.78, 5) is 13.1. The lowest BCUT2D eigenvalue weighted by atomic mass is 9.90. The normalized spacial score (nSPS) is 25.7. The Balaban J connectivity index is 1.50. The SMILES string of the molecule is O=C1OCC2C=C(Br)C=CC2N1C1CCN(S(=O)(=O)c2cc(F)c(F)cc2F)CC1. The number of amides is 1. The number of hydrogen-bond acceptors (Lipinski definition) is 4. The first-order chi connectivity index (χ1) is 14.2. The molecule has 0 radical (unpaired) electrons. The quantitative estimate of drug-likeness (QED) is 0.588. The fourth-order valence-electron chi connectivity index (χ4n) is 4.10. The second-order valence-corrected chi connectivity index (χ2v) is 10.2. The molecule has 30 heavy (non-hydrogen) atoms. The lowest BCUT2D eigenvalue weighted by Gasteiger charge is -2.45. The third-order valence-corrected chi connectivity index (χ3v) is 8.05. The molecule has 2 aliphatic heterocycles. The Morgan fingerprint density at radius 3 is 2.43 bits per heavy atom. The molecule has 2 saturated heterocycles. The Morgan fingerprint density at radius 1 is 1.07 bits per heavy atom. The van der Waals surface area contributed by atoms with E-state index in [1.807, 2.05) is 18.2 Å². The van der Waals surface area contributed by atoms with Gasteiger partial charge in [-0.25, -0.2) is 26.4 Å². The van der Waals surface area contributed by atoms with Gasteiger partial charge >= 0.3 is 6.09 Å². The highest BCUT2D eigenvalue weighted by atomic mass is 79.9. The summed E-state index contributed by atoms with van der Waals surface area (Å²) in [6.45, 7) is 0.285. The molecule has 2 atom stereocenters. The van der Waals surface area contributed by atoms with Gasteiger partial charge in [-0.15, -0.1) is 0 Å². The smallest absolute Gasteiger partial charge is 0.410 e. The van der Waals surface area contributed by atoms with Crippen LogP contribution >= 0.6 is 15.9 Å². The van der Waals surface area contributed by atoms with Crippen LogP contribution in [0, 0.1) is 23.4 Å². The monoisotopic (exact) mass is 506 g/mol. The van der Waals surface area contributed by atoms with E-state index in [0.717, 1.165) is 8.79 Å². The molecule has 2 heterocycles. The first kappa shape index (κ1) is 21.4. The minimum Gasteiger partial charge on any atom is -0.449 e. The van der Waals surface area contributed by atoms with E-state index in [1.54, 1.807) is 4.90 Å². The van der Waals surface area contributed by atoms with Crippen molar-refractivity contribution in [2.45, 2.75) is 29.8 Å². The summed E-state index contributed by atoms with van der Waals surface area (Å²) < 4.78 is 73.4. The third kappa shape index (κ3) is 3.78. The summed E-state index contributed by atoms with van der Waals surface area (Å²) >= 11 is 3.41. The summed E-state index contributed by atoms with van der Waals surface area (Å²) in [6, 6.07) is 0.126. The van der Waals surface area contributed by atoms with Gasteiger partial charge in [-0.05, 0) is 18.9 Å². The van der Waals surface area contributed by atoms with E-state index in [1.165, 1.54) is 0 Å². The van der Waals surface area contributed by atoms with Crippen molar-refractivity contribution in [3.63, 3.8) is 0 Å². The highest BCUT2D eigenvalue weighted by molar-refractivity contribution is 9.11. The Kier molecular flexibility index (Phi) is 5.71. The predicted octanol–water partition coefficient (Wildman–Crippen LogP) is 3.54. The zero-order chi connectivity index (χ0) is 21.6. The van der Waals surface area contributed by atoms with Gasteiger partial charge in [0.25, 0.3) is 0 Å². The first-order valence-corrected chi connectivity index (χ1v) is 11.6. The number of carbonyl (C=O) groups excluding carboxylic acids is 1. The number of nitrogens with zero attached hydrogens (tertiary/aromatic N) is 2. The van der Waals surface area contributed by atoms with Gasteiger partial charge in [-0.2, -0.15) is 4.31 Å². The van der Waals surface area contributed by atoms with Crippen molar-refractivity contribution >= 4 is 32.0 Å². The minimum atomic E-state index is -4.34. The molecule has 1 aromatic carbocycles. The molecular weight excluding hydrogens is 489 g/mol. The second-order valence-electron chi connectivity index (χ2n) is 7.38. The number of carbonyl (C=O) groups is 1. The highest BCUT2D eigenvalue weighted by Gasteiger charge is 2.42. The van der Waals surface area contributed by atoms with Crippen LogP contribution in [0.3, 0.4) is 0 Å². The fourth-order valence-corrected chi connectivity index (χ4v) is 6.12. The number of halogens is 4. The number of rotatable bonds is 3. The van der Waals surface area contributed by atoms with E-state index in [0.29, 0.717) is 18.9 Å². The number of allylic oxidation sites excluding steroid dienone is 2. The largest absolute Gasteiger partial charge is 0.449 e. The van der Waals surface area contributed by atoms with E-state index in [9.17, 15) is 26.4 Å². The van der Waals surface area contributed by atoms with Crippen LogP contribution in [0.1, 0.15) is 12.8 Å². The van der Waals surface area contributed by atoms with Gasteiger partial charge in [0.15, 0.2) is 11.6 Å². The van der Waals surface area contributed by atoms with Gasteiger partial charge < -0.3 is 4.74 Å². The van der Waals surface area contributed by atoms with E-state index >= 15 is 0 Å². The van der Waals surface area contributed by atoms with Crippen LogP contribution in [0.2, 0.25) is 0 Å². The Hall–Kier alpha value is -1.85. The van der Waals surface area contributed by atoms with Crippen LogP contribution in [0.15, 0.2) is 39.7 Å². The van der Waals surface area contributed by atoms with Crippen molar-refractivity contribution in [1.82, 2.24) is 9.21 Å². The van der Waals surface area contributed by atoms with Gasteiger partial charge in [-0.3, -0.25) is 4.90 Å². The predicted molar refractivity (Wildman–Crippen MR) is 105 cm³/mol. The maximum absolute atomic E-state index is 14.0. The van der Waals surface area contributed by atoms with Gasteiger partial charge in [0.1, 0.15) is 17.3 Å². The van der Waals surface area contributed by atoms with Crippen molar-refractivity contribution in [3.05, 3.63) is 52.3 Å². The van der Waals surface area contributed by atoms with Crippen molar-refractivity contribution in [3.8, 4) is 0 Å². The average molecular weight is 507 g/mol. The number of cyclic esters (lactones) is 1. The molecule has 0 aromatic heterocycles. The molecule has 162 valence electrons. The van der Waals surface area contributed by atoms with Gasteiger partial charge in [-0.1, -0.05) is 34.2 Å². The van der Waals surface area contributed by atoms with Gasteiger partial charge in [0.2, 0.25) is 10.0 Å². The van der Waals surface area contributed by atoms with E-state index in [2.05, 4.69) is 15.9 Å². The zero-order valence-electron chi connectivity index (χ0n) is 15.6. The Morgan fingerprint density at radius 2 is 1.73 bits per heavy atom. The summed E-state index contributed by atoms with van der Waals surface area (Å²) in [5, 5.41) is 0. The fraction of sp³-hybridized carbons (Fsp3) is 0.421. The molecule has 0 N–H and O–H groups in total. The molecule has 2 fully saturated rings. The maximum Gasteiger partial charge on any atom is 0.410 e. The second kappa shape index (κ2) is 8.01. The third-order valence-electron chi connectivity index (χ3n) is 5.61. The van der Waals surface area contributed by atoms with Crippen LogP contribution in [-0.2, 0) is 14.8 Å². The number of benzene rings is 1. The molecule has 1 aliphatic carbocycles. The molecule has 1 aromatic rings. The van der Waals surface area contributed by atoms with E-state index in [4.69, 9.17) is 4.74 Å².